The summed E-state index contributed by atoms with van der Waals surface area (Å²) in [5, 5.41) is 14.2. The summed E-state index contributed by atoms with van der Waals surface area (Å²) in [6, 6.07) is 13.5. The average molecular weight is 483 g/mol. The molecule has 0 aliphatic heterocycles. The fraction of sp³-hybridized carbons (Fsp3) is 0.231. The molecule has 0 aliphatic rings. The number of pyridine rings is 1. The van der Waals surface area contributed by atoms with Crippen LogP contribution in [0, 0.1) is 0 Å². The molecule has 4 aromatic heterocycles. The Hall–Kier alpha value is -4.60. The highest BCUT2D eigenvalue weighted by Gasteiger charge is 2.18. The molecule has 0 amide bonds. The third kappa shape index (κ3) is 4.28. The minimum Gasteiger partial charge on any atom is -0.336 e. The molecular weight excluding hydrogens is 456 g/mol. The molecule has 0 aliphatic carbocycles. The maximum atomic E-state index is 13.5. The van der Waals surface area contributed by atoms with Crippen LogP contribution in [0.5, 0.6) is 0 Å². The zero-order chi connectivity index (χ0) is 25.1. The van der Waals surface area contributed by atoms with Gasteiger partial charge in [-0.05, 0) is 41.0 Å². The van der Waals surface area contributed by atoms with Crippen molar-refractivity contribution in [1.82, 2.24) is 39.3 Å². The van der Waals surface area contributed by atoms with Crippen LogP contribution in [-0.2, 0) is 20.0 Å². The normalized spacial score (nSPS) is 11.2. The lowest BCUT2D eigenvalue weighted by molar-refractivity contribution is 0.112. The van der Waals surface area contributed by atoms with Gasteiger partial charge in [-0.25, -0.2) is 9.89 Å². The number of imidazole rings is 1. The van der Waals surface area contributed by atoms with Gasteiger partial charge in [-0.1, -0.05) is 43.7 Å². The van der Waals surface area contributed by atoms with E-state index in [9.17, 15) is 9.59 Å². The van der Waals surface area contributed by atoms with Crippen molar-refractivity contribution in [3.8, 4) is 28.3 Å². The Morgan fingerprint density at radius 2 is 1.92 bits per heavy atom. The molecule has 0 spiro atoms. The van der Waals surface area contributed by atoms with E-state index in [1.165, 1.54) is 0 Å². The molecule has 0 bridgehead atoms. The van der Waals surface area contributed by atoms with E-state index >= 15 is 0 Å². The van der Waals surface area contributed by atoms with Gasteiger partial charge in [0.1, 0.15) is 5.82 Å². The second-order valence-electron chi connectivity index (χ2n) is 8.62. The largest absolute Gasteiger partial charge is 0.336 e. The molecule has 10 nitrogen and oxygen atoms in total. The fourth-order valence-corrected chi connectivity index (χ4v) is 4.40. The van der Waals surface area contributed by atoms with Crippen LogP contribution < -0.4 is 5.69 Å². The van der Waals surface area contributed by atoms with Crippen molar-refractivity contribution >= 4 is 6.29 Å². The Morgan fingerprint density at radius 3 is 2.61 bits per heavy atom. The van der Waals surface area contributed by atoms with Crippen molar-refractivity contribution in [1.29, 1.82) is 0 Å². The van der Waals surface area contributed by atoms with E-state index in [2.05, 4.69) is 32.5 Å². The second kappa shape index (κ2) is 9.95. The van der Waals surface area contributed by atoms with Crippen molar-refractivity contribution in [3.05, 3.63) is 88.5 Å². The van der Waals surface area contributed by atoms with Crippen LogP contribution >= 0.6 is 0 Å². The van der Waals surface area contributed by atoms with Gasteiger partial charge in [-0.15, -0.1) is 5.10 Å². The van der Waals surface area contributed by atoms with Crippen molar-refractivity contribution in [2.75, 3.05) is 0 Å². The Kier molecular flexibility index (Phi) is 6.40. The summed E-state index contributed by atoms with van der Waals surface area (Å²) in [6.07, 6.45) is 8.92. The molecule has 0 atom stereocenters. The fourth-order valence-electron chi connectivity index (χ4n) is 4.40. The Balaban J connectivity index is 1.49. The first kappa shape index (κ1) is 23.2. The highest BCUT2D eigenvalue weighted by molar-refractivity contribution is 5.80. The third-order valence-electron chi connectivity index (χ3n) is 6.26. The van der Waals surface area contributed by atoms with Crippen LogP contribution in [0.2, 0.25) is 0 Å². The lowest BCUT2D eigenvalue weighted by Gasteiger charge is -2.09. The molecule has 36 heavy (non-hydrogen) atoms. The number of aromatic nitrogens is 8. The second-order valence-corrected chi connectivity index (χ2v) is 8.62. The molecule has 1 N–H and O–H groups in total. The number of aromatic amines is 1. The minimum absolute atomic E-state index is 0.194. The topological polar surface area (TPSA) is 116 Å². The number of tetrazole rings is 1. The van der Waals surface area contributed by atoms with Crippen molar-refractivity contribution in [2.24, 2.45) is 7.05 Å². The number of carbonyl (C=O) groups excluding carboxylic acids is 1. The van der Waals surface area contributed by atoms with E-state index in [-0.39, 0.29) is 5.69 Å². The maximum Gasteiger partial charge on any atom is 0.334 e. The zero-order valence-electron chi connectivity index (χ0n) is 20.1. The Bertz CT molecular complexity index is 1540. The zero-order valence-corrected chi connectivity index (χ0v) is 20.1. The third-order valence-corrected chi connectivity index (χ3v) is 6.26. The summed E-state index contributed by atoms with van der Waals surface area (Å²) in [5.41, 5.74) is 4.70. The van der Waals surface area contributed by atoms with E-state index in [0.717, 1.165) is 53.6 Å². The molecule has 0 unspecified atom stereocenters. The number of hydrogen-bond donors (Lipinski definition) is 1. The first-order chi connectivity index (χ1) is 17.6. The van der Waals surface area contributed by atoms with Crippen LogP contribution in [0.15, 0.2) is 65.8 Å². The quantitative estimate of drug-likeness (QED) is 0.322. The number of rotatable bonds is 9. The summed E-state index contributed by atoms with van der Waals surface area (Å²) in [5.74, 6) is 1.15. The van der Waals surface area contributed by atoms with Crippen molar-refractivity contribution < 1.29 is 4.79 Å². The number of nitrogens with one attached hydrogen (secondary N) is 1. The molecule has 182 valence electrons. The summed E-state index contributed by atoms with van der Waals surface area (Å²) in [6.45, 7) is 2.45. The number of benzene rings is 1. The van der Waals surface area contributed by atoms with Crippen LogP contribution in [0.4, 0.5) is 0 Å². The highest BCUT2D eigenvalue weighted by Crippen LogP contribution is 2.29. The number of hydrogen-bond acceptors (Lipinski definition) is 6. The molecule has 0 radical (unpaired) electrons. The number of aryl methyl sites for hydroxylation is 2. The van der Waals surface area contributed by atoms with Crippen LogP contribution in [-0.4, -0.2) is 45.6 Å². The van der Waals surface area contributed by atoms with Gasteiger partial charge in [-0.2, -0.15) is 0 Å². The highest BCUT2D eigenvalue weighted by atomic mass is 16.2. The number of carbonyl (C=O) groups is 1. The van der Waals surface area contributed by atoms with Crippen molar-refractivity contribution in [2.45, 2.75) is 32.7 Å². The van der Waals surface area contributed by atoms with Gasteiger partial charge in [0, 0.05) is 42.5 Å². The number of nitrogens with zero attached hydrogens (tertiary/aromatic N) is 7. The van der Waals surface area contributed by atoms with Crippen molar-refractivity contribution in [3.63, 3.8) is 0 Å². The predicted octanol–water partition coefficient (Wildman–Crippen LogP) is 3.42. The minimum atomic E-state index is -0.194. The number of H-pyrrole nitrogens is 1. The van der Waals surface area contributed by atoms with E-state index in [0.29, 0.717) is 23.8 Å². The van der Waals surface area contributed by atoms with E-state index in [1.807, 2.05) is 49.6 Å². The van der Waals surface area contributed by atoms with Gasteiger partial charge in [0.05, 0.1) is 17.8 Å². The molecular formula is C26H26N8O2. The standard InChI is InChI=1S/C26H26N8O2/c1-3-4-7-21-16-34(25-19(17-35)12-13-32(25)2)26(36)33(21)15-20-11-10-18(14-27-20)22-8-5-6-9-23(22)24-28-30-31-29-24/h5-6,8-14,16-17H,3-4,7,15H2,1-2H3,(H,28,29,30,31). The SMILES string of the molecule is CCCCc1cn(-c2c(C=O)ccn2C)c(=O)n1Cc1ccc(-c2ccccc2-c2nnn[nH]2)cn1. The first-order valence-electron chi connectivity index (χ1n) is 11.8. The summed E-state index contributed by atoms with van der Waals surface area (Å²) in [4.78, 5) is 29.7. The predicted molar refractivity (Wildman–Crippen MR) is 135 cm³/mol. The number of aldehydes is 1. The van der Waals surface area contributed by atoms with Gasteiger partial charge in [0.2, 0.25) is 0 Å². The molecule has 1 aromatic carbocycles. The molecule has 0 saturated heterocycles. The molecule has 5 aromatic rings. The van der Waals surface area contributed by atoms with Crippen LogP contribution in [0.1, 0.15) is 41.5 Å². The van der Waals surface area contributed by atoms with Gasteiger partial charge in [0.25, 0.3) is 0 Å². The Morgan fingerprint density at radius 1 is 1.08 bits per heavy atom. The van der Waals surface area contributed by atoms with Gasteiger partial charge >= 0.3 is 5.69 Å². The van der Waals surface area contributed by atoms with Crippen LogP contribution in [0.3, 0.4) is 0 Å². The van der Waals surface area contributed by atoms with Gasteiger partial charge in [-0.3, -0.25) is 18.9 Å². The molecule has 5 rings (SSSR count). The summed E-state index contributed by atoms with van der Waals surface area (Å²) >= 11 is 0. The van der Waals surface area contributed by atoms with E-state index < -0.39 is 0 Å². The smallest absolute Gasteiger partial charge is 0.334 e. The summed E-state index contributed by atoms with van der Waals surface area (Å²) < 4.78 is 5.09. The van der Waals surface area contributed by atoms with Gasteiger partial charge < -0.3 is 4.57 Å². The summed E-state index contributed by atoms with van der Waals surface area (Å²) in [7, 11) is 1.82. The Labute approximate surface area is 207 Å². The molecule has 0 fully saturated rings. The lowest BCUT2D eigenvalue weighted by Crippen LogP contribution is -2.26. The number of unbranched alkanes of at least 4 members (excludes halogenated alkanes) is 1. The van der Waals surface area contributed by atoms with Crippen LogP contribution in [0.25, 0.3) is 28.3 Å². The monoisotopic (exact) mass is 482 g/mol. The van der Waals surface area contributed by atoms with E-state index in [4.69, 9.17) is 0 Å². The average Bonchev–Trinajstić information content (AvgIpc) is 3.64. The van der Waals surface area contributed by atoms with E-state index in [1.54, 1.807) is 32.2 Å². The molecule has 4 heterocycles. The lowest BCUT2D eigenvalue weighted by atomic mass is 10.0. The first-order valence-corrected chi connectivity index (χ1v) is 11.8. The molecule has 0 saturated carbocycles. The molecule has 10 heteroatoms. The van der Waals surface area contributed by atoms with Gasteiger partial charge in [0.15, 0.2) is 12.1 Å². The maximum absolute atomic E-state index is 13.5.